The molecule has 0 aliphatic heterocycles. The van der Waals surface area contributed by atoms with Crippen molar-refractivity contribution in [2.24, 2.45) is 0 Å². The summed E-state index contributed by atoms with van der Waals surface area (Å²) in [6.07, 6.45) is 1.48. The van der Waals surface area contributed by atoms with Gasteiger partial charge in [-0.25, -0.2) is 9.97 Å². The van der Waals surface area contributed by atoms with Crippen LogP contribution in [0.1, 0.15) is 11.3 Å². The van der Waals surface area contributed by atoms with Crippen LogP contribution in [0.4, 0.5) is 5.82 Å². The summed E-state index contributed by atoms with van der Waals surface area (Å²) in [4.78, 5) is 8.45. The van der Waals surface area contributed by atoms with Crippen LogP contribution >= 0.6 is 34.2 Å². The van der Waals surface area contributed by atoms with Gasteiger partial charge in [0.25, 0.3) is 0 Å². The molecule has 2 aromatic heterocycles. The zero-order valence-corrected chi connectivity index (χ0v) is 13.9. The summed E-state index contributed by atoms with van der Waals surface area (Å²) in [5.74, 6) is 0.496. The number of nitrogens with two attached hydrogens (primary N) is 1. The van der Waals surface area contributed by atoms with Gasteiger partial charge in [-0.2, -0.15) is 0 Å². The molecule has 0 fully saturated rings. The molecule has 0 saturated heterocycles. The Kier molecular flexibility index (Phi) is 3.33. The fourth-order valence-corrected chi connectivity index (χ4v) is 3.32. The van der Waals surface area contributed by atoms with E-state index in [4.69, 9.17) is 17.3 Å². The Bertz CT molecular complexity index is 826. The highest BCUT2D eigenvalue weighted by Gasteiger charge is 2.17. The molecule has 0 amide bonds. The fourth-order valence-electron chi connectivity index (χ4n) is 2.38. The molecule has 6 heteroatoms. The number of hydrogen-bond donors (Lipinski definition) is 1. The number of halogens is 2. The minimum Gasteiger partial charge on any atom is -0.383 e. The fraction of sp³-hybridized carbons (Fsp3) is 0.143. The normalized spacial score (nSPS) is 11.2. The van der Waals surface area contributed by atoms with Crippen LogP contribution < -0.4 is 5.73 Å². The molecule has 2 N–H and O–H groups in total. The van der Waals surface area contributed by atoms with Gasteiger partial charge in [-0.3, -0.25) is 4.57 Å². The van der Waals surface area contributed by atoms with Gasteiger partial charge in [-0.15, -0.1) is 0 Å². The number of fused-ring (bicyclic) bond motifs is 1. The van der Waals surface area contributed by atoms with Crippen molar-refractivity contribution >= 4 is 51.0 Å². The molecule has 102 valence electrons. The number of benzene rings is 1. The first kappa shape index (κ1) is 13.6. The van der Waals surface area contributed by atoms with Crippen molar-refractivity contribution in [3.8, 4) is 5.69 Å². The molecule has 0 bridgehead atoms. The third-order valence-electron chi connectivity index (χ3n) is 3.47. The highest BCUT2D eigenvalue weighted by atomic mass is 127. The number of rotatable bonds is 1. The second kappa shape index (κ2) is 4.89. The first-order chi connectivity index (χ1) is 9.50. The zero-order valence-electron chi connectivity index (χ0n) is 11.0. The predicted octanol–water partition coefficient (Wildman–Crippen LogP) is 3.88. The minimum absolute atomic E-state index is 0.496. The number of aromatic nitrogens is 3. The summed E-state index contributed by atoms with van der Waals surface area (Å²) in [5, 5.41) is 1.58. The molecule has 0 spiro atoms. The number of nitrogen functional groups attached to an aromatic ring is 1. The lowest BCUT2D eigenvalue weighted by Crippen LogP contribution is -2.00. The maximum Gasteiger partial charge on any atom is 0.150 e. The molecule has 0 atom stereocenters. The maximum atomic E-state index is 6.39. The zero-order chi connectivity index (χ0) is 14.4. The van der Waals surface area contributed by atoms with E-state index in [1.54, 1.807) is 0 Å². The molecule has 4 nitrogen and oxygen atoms in total. The van der Waals surface area contributed by atoms with Crippen molar-refractivity contribution in [3.05, 3.63) is 44.4 Å². The lowest BCUT2D eigenvalue weighted by Gasteiger charge is -2.10. The summed E-state index contributed by atoms with van der Waals surface area (Å²) in [5.41, 5.74) is 9.81. The lowest BCUT2D eigenvalue weighted by atomic mass is 10.2. The van der Waals surface area contributed by atoms with Crippen molar-refractivity contribution in [1.82, 2.24) is 14.5 Å². The third kappa shape index (κ3) is 1.96. The molecule has 0 unspecified atom stereocenters. The first-order valence-electron chi connectivity index (χ1n) is 6.04. The molecular formula is C14H12ClIN4. The Hall–Kier alpha value is -1.34. The Balaban J connectivity index is 2.42. The van der Waals surface area contributed by atoms with Crippen LogP contribution in [0.25, 0.3) is 16.7 Å². The van der Waals surface area contributed by atoms with Crippen molar-refractivity contribution in [2.45, 2.75) is 13.8 Å². The highest BCUT2D eigenvalue weighted by Crippen LogP contribution is 2.32. The molecule has 0 aliphatic rings. The summed E-state index contributed by atoms with van der Waals surface area (Å²) >= 11 is 8.62. The van der Waals surface area contributed by atoms with Crippen LogP contribution in [-0.4, -0.2) is 14.5 Å². The third-order valence-corrected chi connectivity index (χ3v) is 4.45. The summed E-state index contributed by atoms with van der Waals surface area (Å²) < 4.78 is 3.12. The average Bonchev–Trinajstić information content (AvgIpc) is 2.64. The monoisotopic (exact) mass is 398 g/mol. The van der Waals surface area contributed by atoms with E-state index in [9.17, 15) is 0 Å². The SMILES string of the molecule is Cc1c(C)n(-c2ccc(I)cc2Cl)c2ncnc(N)c12. The Morgan fingerprint density at radius 2 is 2.00 bits per heavy atom. The summed E-state index contributed by atoms with van der Waals surface area (Å²) in [6, 6.07) is 5.95. The Labute approximate surface area is 135 Å². The van der Waals surface area contributed by atoms with E-state index >= 15 is 0 Å². The average molecular weight is 399 g/mol. The van der Waals surface area contributed by atoms with E-state index in [2.05, 4.69) is 32.6 Å². The van der Waals surface area contributed by atoms with E-state index in [0.717, 1.165) is 31.5 Å². The highest BCUT2D eigenvalue weighted by molar-refractivity contribution is 14.1. The van der Waals surface area contributed by atoms with E-state index in [1.165, 1.54) is 6.33 Å². The largest absolute Gasteiger partial charge is 0.383 e. The molecule has 3 aromatic rings. The van der Waals surface area contributed by atoms with Gasteiger partial charge in [0.15, 0.2) is 5.65 Å². The number of nitrogens with zero attached hydrogens (tertiary/aromatic N) is 3. The summed E-state index contributed by atoms with van der Waals surface area (Å²) in [7, 11) is 0. The standard InChI is InChI=1S/C14H12ClIN4/c1-7-8(2)20(11-4-3-9(16)5-10(11)15)14-12(7)13(17)18-6-19-14/h3-6H,1-2H3,(H2,17,18,19). The number of hydrogen-bond acceptors (Lipinski definition) is 3. The van der Waals surface area contributed by atoms with Crippen molar-refractivity contribution in [3.63, 3.8) is 0 Å². The van der Waals surface area contributed by atoms with E-state index in [0.29, 0.717) is 10.8 Å². The maximum absolute atomic E-state index is 6.39. The van der Waals surface area contributed by atoms with Gasteiger partial charge in [-0.05, 0) is 60.2 Å². The molecule has 20 heavy (non-hydrogen) atoms. The van der Waals surface area contributed by atoms with Gasteiger partial charge in [0.2, 0.25) is 0 Å². The van der Waals surface area contributed by atoms with Crippen molar-refractivity contribution < 1.29 is 0 Å². The first-order valence-corrected chi connectivity index (χ1v) is 7.50. The van der Waals surface area contributed by atoms with Crippen LogP contribution in [0.3, 0.4) is 0 Å². The topological polar surface area (TPSA) is 56.7 Å². The minimum atomic E-state index is 0.496. The quantitative estimate of drug-likeness (QED) is 0.633. The van der Waals surface area contributed by atoms with Crippen LogP contribution in [-0.2, 0) is 0 Å². The molecule has 1 aromatic carbocycles. The number of aryl methyl sites for hydroxylation is 1. The lowest BCUT2D eigenvalue weighted by molar-refractivity contribution is 1.01. The molecule has 0 saturated carbocycles. The van der Waals surface area contributed by atoms with E-state index in [1.807, 2.05) is 36.6 Å². The van der Waals surface area contributed by atoms with Gasteiger partial charge in [0, 0.05) is 9.26 Å². The van der Waals surface area contributed by atoms with Crippen LogP contribution in [0.5, 0.6) is 0 Å². The molecule has 3 rings (SSSR count). The van der Waals surface area contributed by atoms with Gasteiger partial charge in [0.1, 0.15) is 12.1 Å². The van der Waals surface area contributed by atoms with Crippen LogP contribution in [0.2, 0.25) is 5.02 Å². The van der Waals surface area contributed by atoms with Crippen molar-refractivity contribution in [1.29, 1.82) is 0 Å². The molecular weight excluding hydrogens is 387 g/mol. The summed E-state index contributed by atoms with van der Waals surface area (Å²) in [6.45, 7) is 4.05. The number of anilines is 1. The van der Waals surface area contributed by atoms with Gasteiger partial charge in [0.05, 0.1) is 16.1 Å². The van der Waals surface area contributed by atoms with Crippen LogP contribution in [0, 0.1) is 17.4 Å². The predicted molar refractivity (Wildman–Crippen MR) is 90.5 cm³/mol. The van der Waals surface area contributed by atoms with Crippen molar-refractivity contribution in [2.75, 3.05) is 5.73 Å². The Morgan fingerprint density at radius 3 is 2.70 bits per heavy atom. The molecule has 2 heterocycles. The van der Waals surface area contributed by atoms with E-state index < -0.39 is 0 Å². The van der Waals surface area contributed by atoms with Gasteiger partial charge >= 0.3 is 0 Å². The van der Waals surface area contributed by atoms with E-state index in [-0.39, 0.29) is 0 Å². The smallest absolute Gasteiger partial charge is 0.150 e. The second-order valence-corrected chi connectivity index (χ2v) is 6.25. The van der Waals surface area contributed by atoms with Crippen LogP contribution in [0.15, 0.2) is 24.5 Å². The van der Waals surface area contributed by atoms with Gasteiger partial charge < -0.3 is 5.73 Å². The van der Waals surface area contributed by atoms with Gasteiger partial charge in [-0.1, -0.05) is 11.6 Å². The second-order valence-electron chi connectivity index (χ2n) is 4.60. The Morgan fingerprint density at radius 1 is 1.25 bits per heavy atom. The molecule has 0 radical (unpaired) electrons. The molecule has 0 aliphatic carbocycles.